The van der Waals surface area contributed by atoms with Crippen LogP contribution in [0.5, 0.6) is 0 Å². The predicted molar refractivity (Wildman–Crippen MR) is 72.7 cm³/mol. The van der Waals surface area contributed by atoms with Crippen molar-refractivity contribution in [3.05, 3.63) is 22.9 Å². The molecule has 2 rings (SSSR count). The third-order valence-electron chi connectivity index (χ3n) is 3.42. The van der Waals surface area contributed by atoms with E-state index in [1.54, 1.807) is 11.9 Å². The number of likely N-dealkylation sites (tertiary alicyclic amines) is 1. The average Bonchev–Trinajstić information content (AvgIpc) is 2.33. The summed E-state index contributed by atoms with van der Waals surface area (Å²) in [5.41, 5.74) is 2.40. The summed E-state index contributed by atoms with van der Waals surface area (Å²) < 4.78 is 0. The van der Waals surface area contributed by atoms with Crippen LogP contribution in [-0.2, 0) is 4.79 Å². The zero-order valence-electron chi connectivity index (χ0n) is 11.5. The van der Waals surface area contributed by atoms with E-state index in [-0.39, 0.29) is 11.9 Å². The Morgan fingerprint density at radius 3 is 2.89 bits per heavy atom. The van der Waals surface area contributed by atoms with Crippen molar-refractivity contribution >= 4 is 11.7 Å². The van der Waals surface area contributed by atoms with Gasteiger partial charge in [-0.3, -0.25) is 4.79 Å². The third-order valence-corrected chi connectivity index (χ3v) is 3.42. The molecule has 0 spiro atoms. The Morgan fingerprint density at radius 2 is 2.26 bits per heavy atom. The topological polar surface area (TPSA) is 69.0 Å². The van der Waals surface area contributed by atoms with Gasteiger partial charge < -0.3 is 10.2 Å². The number of hydrogen-bond acceptors (Lipinski definition) is 4. The first-order chi connectivity index (χ1) is 9.01. The highest BCUT2D eigenvalue weighted by molar-refractivity contribution is 5.77. The molecule has 0 radical (unpaired) electrons. The second-order valence-corrected chi connectivity index (χ2v) is 5.07. The first kappa shape index (κ1) is 13.3. The van der Waals surface area contributed by atoms with Crippen LogP contribution in [0.15, 0.2) is 6.07 Å². The van der Waals surface area contributed by atoms with Gasteiger partial charge in [0.05, 0.1) is 5.56 Å². The molecule has 0 saturated carbocycles. The summed E-state index contributed by atoms with van der Waals surface area (Å²) in [7, 11) is 1.80. The van der Waals surface area contributed by atoms with Gasteiger partial charge in [0.1, 0.15) is 11.9 Å². The highest BCUT2D eigenvalue weighted by Gasteiger charge is 2.23. The van der Waals surface area contributed by atoms with Gasteiger partial charge >= 0.3 is 0 Å². The van der Waals surface area contributed by atoms with Gasteiger partial charge in [-0.05, 0) is 31.9 Å². The van der Waals surface area contributed by atoms with Crippen molar-refractivity contribution < 1.29 is 4.79 Å². The molecule has 1 N–H and O–H groups in total. The number of nitrogens with zero attached hydrogens (tertiary/aromatic N) is 3. The Balaban J connectivity index is 2.20. The minimum atomic E-state index is 0.156. The highest BCUT2D eigenvalue weighted by Crippen LogP contribution is 2.21. The molecule has 19 heavy (non-hydrogen) atoms. The molecular weight excluding hydrogens is 240 g/mol. The summed E-state index contributed by atoms with van der Waals surface area (Å²) in [5, 5.41) is 12.5. The lowest BCUT2D eigenvalue weighted by Gasteiger charge is -2.30. The van der Waals surface area contributed by atoms with Crippen molar-refractivity contribution in [2.75, 3.05) is 18.9 Å². The van der Waals surface area contributed by atoms with Crippen molar-refractivity contribution in [3.63, 3.8) is 0 Å². The van der Waals surface area contributed by atoms with E-state index in [4.69, 9.17) is 0 Å². The number of piperidine rings is 1. The molecule has 1 aromatic heterocycles. The van der Waals surface area contributed by atoms with Gasteiger partial charge in [-0.15, -0.1) is 0 Å². The number of amides is 1. The van der Waals surface area contributed by atoms with Gasteiger partial charge in [-0.25, -0.2) is 4.98 Å². The third kappa shape index (κ3) is 2.84. The predicted octanol–water partition coefficient (Wildman–Crippen LogP) is 1.60. The second kappa shape index (κ2) is 5.27. The van der Waals surface area contributed by atoms with E-state index in [1.165, 1.54) is 0 Å². The molecule has 1 amide bonds. The summed E-state index contributed by atoms with van der Waals surface area (Å²) in [5.74, 6) is 0.805. The van der Waals surface area contributed by atoms with Gasteiger partial charge in [-0.1, -0.05) is 0 Å². The summed E-state index contributed by atoms with van der Waals surface area (Å²) in [4.78, 5) is 17.6. The maximum absolute atomic E-state index is 11.5. The van der Waals surface area contributed by atoms with Gasteiger partial charge in [0.15, 0.2) is 0 Å². The van der Waals surface area contributed by atoms with Gasteiger partial charge in [0, 0.05) is 31.7 Å². The van der Waals surface area contributed by atoms with Crippen molar-refractivity contribution in [1.82, 2.24) is 9.88 Å². The van der Waals surface area contributed by atoms with E-state index in [0.29, 0.717) is 24.3 Å². The number of nitrogens with one attached hydrogen (secondary N) is 1. The number of likely N-dealkylation sites (N-methyl/N-ethyl adjacent to an activating group) is 1. The van der Waals surface area contributed by atoms with Crippen LogP contribution >= 0.6 is 0 Å². The zero-order valence-corrected chi connectivity index (χ0v) is 11.5. The lowest BCUT2D eigenvalue weighted by atomic mass is 10.0. The van der Waals surface area contributed by atoms with E-state index in [9.17, 15) is 10.1 Å². The number of hydrogen-bond donors (Lipinski definition) is 1. The van der Waals surface area contributed by atoms with E-state index in [1.807, 2.05) is 19.9 Å². The van der Waals surface area contributed by atoms with Crippen molar-refractivity contribution in [1.29, 1.82) is 5.26 Å². The SMILES string of the molecule is Cc1cc(C)c(C#N)c(NC2CCC(=O)N(C)C2)n1. The highest BCUT2D eigenvalue weighted by atomic mass is 16.2. The largest absolute Gasteiger partial charge is 0.364 e. The van der Waals surface area contributed by atoms with E-state index in [0.717, 1.165) is 17.7 Å². The molecule has 1 fully saturated rings. The van der Waals surface area contributed by atoms with Crippen LogP contribution in [-0.4, -0.2) is 35.4 Å². The first-order valence-corrected chi connectivity index (χ1v) is 6.40. The number of aryl methyl sites for hydroxylation is 2. The second-order valence-electron chi connectivity index (χ2n) is 5.07. The summed E-state index contributed by atoms with van der Waals surface area (Å²) in [6.07, 6.45) is 1.32. The molecule has 2 heterocycles. The van der Waals surface area contributed by atoms with Crippen LogP contribution in [0.25, 0.3) is 0 Å². The van der Waals surface area contributed by atoms with Crippen LogP contribution in [0.2, 0.25) is 0 Å². The minimum absolute atomic E-state index is 0.156. The number of aromatic nitrogens is 1. The number of anilines is 1. The van der Waals surface area contributed by atoms with Crippen LogP contribution in [0, 0.1) is 25.2 Å². The Morgan fingerprint density at radius 1 is 1.53 bits per heavy atom. The number of carbonyl (C=O) groups is 1. The fourth-order valence-corrected chi connectivity index (χ4v) is 2.41. The summed E-state index contributed by atoms with van der Waals surface area (Å²) in [6, 6.07) is 4.25. The molecule has 5 heteroatoms. The number of rotatable bonds is 2. The van der Waals surface area contributed by atoms with Crippen molar-refractivity contribution in [2.45, 2.75) is 32.7 Å². The van der Waals surface area contributed by atoms with Crippen molar-refractivity contribution in [2.24, 2.45) is 0 Å². The zero-order chi connectivity index (χ0) is 14.0. The van der Waals surface area contributed by atoms with Crippen molar-refractivity contribution in [3.8, 4) is 6.07 Å². The Kier molecular flexibility index (Phi) is 3.70. The molecule has 1 aliphatic heterocycles. The quantitative estimate of drug-likeness (QED) is 0.875. The Hall–Kier alpha value is -2.09. The van der Waals surface area contributed by atoms with Gasteiger partial charge in [0.25, 0.3) is 0 Å². The number of nitriles is 1. The normalized spacial score (nSPS) is 19.2. The molecule has 1 saturated heterocycles. The molecular formula is C14H18N4O. The average molecular weight is 258 g/mol. The number of carbonyl (C=O) groups excluding carboxylic acids is 1. The molecule has 1 aliphatic rings. The standard InChI is InChI=1S/C14H18N4O/c1-9-6-10(2)16-14(12(9)7-15)17-11-4-5-13(19)18(3)8-11/h6,11H,4-5,8H2,1-3H3,(H,16,17). The molecule has 0 aliphatic carbocycles. The molecule has 0 bridgehead atoms. The maximum atomic E-state index is 11.5. The lowest BCUT2D eigenvalue weighted by Crippen LogP contribution is -2.43. The molecule has 0 aromatic carbocycles. The van der Waals surface area contributed by atoms with Crippen LogP contribution in [0.4, 0.5) is 5.82 Å². The number of pyridine rings is 1. The Labute approximate surface area is 113 Å². The Bertz CT molecular complexity index is 547. The van der Waals surface area contributed by atoms with E-state index in [2.05, 4.69) is 16.4 Å². The minimum Gasteiger partial charge on any atom is -0.364 e. The molecule has 1 unspecified atom stereocenters. The smallest absolute Gasteiger partial charge is 0.222 e. The first-order valence-electron chi connectivity index (χ1n) is 6.40. The van der Waals surface area contributed by atoms with Crippen LogP contribution in [0.3, 0.4) is 0 Å². The summed E-state index contributed by atoms with van der Waals surface area (Å²) in [6.45, 7) is 4.48. The van der Waals surface area contributed by atoms with Crippen LogP contribution in [0.1, 0.15) is 29.7 Å². The van der Waals surface area contributed by atoms with Crippen LogP contribution < -0.4 is 5.32 Å². The fraction of sp³-hybridized carbons (Fsp3) is 0.500. The van der Waals surface area contributed by atoms with E-state index >= 15 is 0 Å². The maximum Gasteiger partial charge on any atom is 0.222 e. The fourth-order valence-electron chi connectivity index (χ4n) is 2.41. The van der Waals surface area contributed by atoms with Gasteiger partial charge in [-0.2, -0.15) is 5.26 Å². The molecule has 5 nitrogen and oxygen atoms in total. The van der Waals surface area contributed by atoms with Gasteiger partial charge in [0.2, 0.25) is 5.91 Å². The monoisotopic (exact) mass is 258 g/mol. The molecule has 1 atom stereocenters. The summed E-state index contributed by atoms with van der Waals surface area (Å²) >= 11 is 0. The lowest BCUT2D eigenvalue weighted by molar-refractivity contribution is -0.132. The van der Waals surface area contributed by atoms with E-state index < -0.39 is 0 Å². The molecule has 100 valence electrons. The molecule has 1 aromatic rings.